The monoisotopic (exact) mass is 381 g/mol. The van der Waals surface area contributed by atoms with Crippen molar-refractivity contribution in [3.8, 4) is 0 Å². The minimum atomic E-state index is -0.510. The van der Waals surface area contributed by atoms with Gasteiger partial charge in [-0.05, 0) is 55.4 Å². The molecule has 2 aliphatic carbocycles. The quantitative estimate of drug-likeness (QED) is 0.771. The minimum Gasteiger partial charge on any atom is -0.511 e. The number of ketones is 1. The summed E-state index contributed by atoms with van der Waals surface area (Å²) in [5.74, 6) is -0.671. The number of carbonyl (C=O) groups excluding carboxylic acids is 1. The molecule has 28 heavy (non-hydrogen) atoms. The van der Waals surface area contributed by atoms with Crippen LogP contribution in [0, 0.1) is 23.7 Å². The molecule has 3 heterocycles. The zero-order chi connectivity index (χ0) is 19.7. The highest BCUT2D eigenvalue weighted by molar-refractivity contribution is 6.05. The van der Waals surface area contributed by atoms with Gasteiger partial charge < -0.3 is 9.84 Å². The van der Waals surface area contributed by atoms with Gasteiger partial charge in [0, 0.05) is 12.1 Å². The van der Waals surface area contributed by atoms with Gasteiger partial charge in [0.15, 0.2) is 5.78 Å². The molecule has 2 saturated heterocycles. The fraction of sp³-hybridized carbons (Fsp3) is 0.478. The van der Waals surface area contributed by atoms with Gasteiger partial charge in [0.2, 0.25) is 5.95 Å². The summed E-state index contributed by atoms with van der Waals surface area (Å²) in [6, 6.07) is 3.08. The summed E-state index contributed by atoms with van der Waals surface area (Å²) in [6.45, 7) is 6.24. The van der Waals surface area contributed by atoms with E-state index in [2.05, 4.69) is 24.9 Å². The molecule has 1 N–H and O–H groups in total. The molecule has 146 valence electrons. The molecule has 6 atom stereocenters. The predicted octanol–water partition coefficient (Wildman–Crippen LogP) is 4.41. The van der Waals surface area contributed by atoms with Crippen LogP contribution < -0.4 is 0 Å². The van der Waals surface area contributed by atoms with E-state index in [1.165, 1.54) is 11.6 Å². The summed E-state index contributed by atoms with van der Waals surface area (Å²) in [7, 11) is 0. The Hall–Kier alpha value is -2.27. The van der Waals surface area contributed by atoms with E-state index >= 15 is 0 Å². The number of Topliss-reactive ketones (excluding diaryl/α,β-unsaturated/α-hetero) is 1. The molecule has 1 aromatic rings. The third-order valence-corrected chi connectivity index (χ3v) is 6.93. The summed E-state index contributed by atoms with van der Waals surface area (Å²) in [4.78, 5) is 17.1. The largest absolute Gasteiger partial charge is 0.511 e. The number of carbonyl (C=O) groups is 1. The Balaban J connectivity index is 1.54. The Bertz CT molecular complexity index is 959. The van der Waals surface area contributed by atoms with Gasteiger partial charge in [0.1, 0.15) is 5.76 Å². The number of aliphatic hydroxyl groups is 1. The second kappa shape index (κ2) is 6.11. The van der Waals surface area contributed by atoms with Crippen molar-refractivity contribution >= 4 is 5.78 Å². The van der Waals surface area contributed by atoms with Gasteiger partial charge in [0.25, 0.3) is 0 Å². The number of nitrogens with zero attached hydrogens (tertiary/aromatic N) is 1. The van der Waals surface area contributed by atoms with Crippen molar-refractivity contribution in [2.24, 2.45) is 17.8 Å². The van der Waals surface area contributed by atoms with Crippen molar-refractivity contribution in [3.05, 3.63) is 64.0 Å². The molecular formula is C23H24FNO3. The van der Waals surface area contributed by atoms with Crippen LogP contribution in [0.2, 0.25) is 0 Å². The van der Waals surface area contributed by atoms with E-state index in [4.69, 9.17) is 4.74 Å². The van der Waals surface area contributed by atoms with Gasteiger partial charge in [-0.3, -0.25) is 4.79 Å². The zero-order valence-electron chi connectivity index (χ0n) is 16.3. The Morgan fingerprint density at radius 3 is 2.71 bits per heavy atom. The second-order valence-corrected chi connectivity index (χ2v) is 8.76. The lowest BCUT2D eigenvalue weighted by molar-refractivity contribution is -0.120. The highest BCUT2D eigenvalue weighted by Crippen LogP contribution is 2.58. The van der Waals surface area contributed by atoms with E-state index in [0.717, 1.165) is 23.1 Å². The predicted molar refractivity (Wildman–Crippen MR) is 102 cm³/mol. The van der Waals surface area contributed by atoms with Gasteiger partial charge in [0.05, 0.1) is 29.6 Å². The van der Waals surface area contributed by atoms with Crippen LogP contribution in [0.1, 0.15) is 45.1 Å². The summed E-state index contributed by atoms with van der Waals surface area (Å²) in [6.07, 6.45) is 4.81. The van der Waals surface area contributed by atoms with Gasteiger partial charge in [-0.1, -0.05) is 24.6 Å². The van der Waals surface area contributed by atoms with Crippen LogP contribution >= 0.6 is 0 Å². The molecule has 0 radical (unpaired) electrons. The van der Waals surface area contributed by atoms with Crippen molar-refractivity contribution in [3.63, 3.8) is 0 Å². The van der Waals surface area contributed by atoms with E-state index in [0.29, 0.717) is 12.0 Å². The first-order chi connectivity index (χ1) is 13.4. The molecule has 4 aliphatic rings. The minimum absolute atomic E-state index is 0.0228. The molecular weight excluding hydrogens is 357 g/mol. The third-order valence-electron chi connectivity index (χ3n) is 6.93. The number of aliphatic hydroxyl groups excluding tert-OH is 1. The molecule has 4 nitrogen and oxygen atoms in total. The summed E-state index contributed by atoms with van der Waals surface area (Å²) in [5.41, 5.74) is 4.79. The number of aromatic nitrogens is 1. The molecule has 0 amide bonds. The van der Waals surface area contributed by atoms with Gasteiger partial charge in [-0.25, -0.2) is 4.98 Å². The summed E-state index contributed by atoms with van der Waals surface area (Å²) >= 11 is 0. The maximum atomic E-state index is 13.3. The number of hydrogen-bond donors (Lipinski definition) is 1. The van der Waals surface area contributed by atoms with Crippen molar-refractivity contribution in [2.75, 3.05) is 0 Å². The second-order valence-electron chi connectivity index (χ2n) is 8.76. The Kier molecular flexibility index (Phi) is 3.89. The fourth-order valence-corrected chi connectivity index (χ4v) is 5.98. The molecule has 0 saturated carbocycles. The van der Waals surface area contributed by atoms with E-state index in [9.17, 15) is 14.3 Å². The molecule has 1 aromatic heterocycles. The maximum absolute atomic E-state index is 13.3. The number of ether oxygens (including phenoxy) is 1. The SMILES string of the molecule is CC1=CC(C)=C(C2=C(O)[C@@H]3[C@@H]4O[C@@H](C[C@H]4c4ccc(F)nc4)[C@@H]3C2=O)C(C)C1. The normalized spacial score (nSPS) is 37.0. The van der Waals surface area contributed by atoms with Gasteiger partial charge in [-0.15, -0.1) is 0 Å². The lowest BCUT2D eigenvalue weighted by Crippen LogP contribution is -2.33. The summed E-state index contributed by atoms with van der Waals surface area (Å²) in [5, 5.41) is 11.2. The Morgan fingerprint density at radius 1 is 1.25 bits per heavy atom. The third kappa shape index (κ3) is 2.38. The lowest BCUT2D eigenvalue weighted by atomic mass is 9.72. The number of fused-ring (bicyclic) bond motifs is 5. The Labute approximate surface area is 163 Å². The zero-order valence-corrected chi connectivity index (χ0v) is 16.3. The molecule has 0 spiro atoms. The van der Waals surface area contributed by atoms with E-state index in [1.54, 1.807) is 12.3 Å². The average Bonchev–Trinajstić information content (AvgIpc) is 3.29. The number of hydrogen-bond acceptors (Lipinski definition) is 4. The van der Waals surface area contributed by atoms with Crippen molar-refractivity contribution in [1.82, 2.24) is 4.98 Å². The molecule has 5 rings (SSSR count). The highest BCUT2D eigenvalue weighted by Gasteiger charge is 2.62. The fourth-order valence-electron chi connectivity index (χ4n) is 5.98. The molecule has 2 bridgehead atoms. The average molecular weight is 381 g/mol. The van der Waals surface area contributed by atoms with Gasteiger partial charge in [-0.2, -0.15) is 4.39 Å². The number of pyridine rings is 1. The molecule has 1 unspecified atom stereocenters. The van der Waals surface area contributed by atoms with Crippen LogP contribution in [0.25, 0.3) is 0 Å². The molecule has 0 aromatic carbocycles. The Morgan fingerprint density at radius 2 is 2.04 bits per heavy atom. The van der Waals surface area contributed by atoms with Crippen LogP contribution in [0.3, 0.4) is 0 Å². The van der Waals surface area contributed by atoms with Crippen LogP contribution in [0.4, 0.5) is 4.39 Å². The number of rotatable bonds is 2. The van der Waals surface area contributed by atoms with Crippen LogP contribution in [0.15, 0.2) is 52.5 Å². The molecule has 2 fully saturated rings. The van der Waals surface area contributed by atoms with Crippen LogP contribution in [-0.4, -0.2) is 28.1 Å². The number of halogens is 1. The van der Waals surface area contributed by atoms with Crippen molar-refractivity contribution in [1.29, 1.82) is 0 Å². The first-order valence-corrected chi connectivity index (χ1v) is 9.99. The molecule has 5 heteroatoms. The van der Waals surface area contributed by atoms with E-state index < -0.39 is 5.95 Å². The molecule has 2 aliphatic heterocycles. The summed E-state index contributed by atoms with van der Waals surface area (Å²) < 4.78 is 19.3. The first kappa shape index (κ1) is 17.8. The van der Waals surface area contributed by atoms with Crippen LogP contribution in [-0.2, 0) is 9.53 Å². The van der Waals surface area contributed by atoms with Crippen LogP contribution in [0.5, 0.6) is 0 Å². The van der Waals surface area contributed by atoms with E-state index in [1.807, 2.05) is 6.92 Å². The van der Waals surface area contributed by atoms with Gasteiger partial charge >= 0.3 is 0 Å². The first-order valence-electron chi connectivity index (χ1n) is 9.99. The van der Waals surface area contributed by atoms with Crippen molar-refractivity contribution < 1.29 is 19.0 Å². The van der Waals surface area contributed by atoms with Crippen molar-refractivity contribution in [2.45, 2.75) is 51.7 Å². The van der Waals surface area contributed by atoms with E-state index in [-0.39, 0.29) is 47.4 Å². The smallest absolute Gasteiger partial charge is 0.212 e. The standard InChI is InChI=1S/C23H24FNO3/c1-10-6-11(2)17(12(3)7-10)19-21(26)18-15-8-14(13-4-5-16(24)25-9-13)23(28-15)20(18)22(19)27/h4-6,9,12,14-15,18,20,23,27H,7-8H2,1-3H3/t12?,14-,15-,18-,20+,23+/m0/s1. The number of allylic oxidation sites excluding steroid dienone is 5. The lowest BCUT2D eigenvalue weighted by Gasteiger charge is -2.27. The highest BCUT2D eigenvalue weighted by atomic mass is 19.1. The topological polar surface area (TPSA) is 59.4 Å². The maximum Gasteiger partial charge on any atom is 0.212 e.